The number of fused-ring (bicyclic) bond motifs is 2. The third-order valence-electron chi connectivity index (χ3n) is 4.77. The number of furan rings is 1. The molecule has 3 nitrogen and oxygen atoms in total. The lowest BCUT2D eigenvalue weighted by atomic mass is 9.96. The standard InChI is InChI=1S/C15H24N2O/c1-3-14(15-5-4-8-18-15)17(2)13-9-11-6-7-12(10-13)16-11/h4-5,8,11-14,16H,3,6-7,9-10H2,1-2H3. The smallest absolute Gasteiger partial charge is 0.120 e. The van der Waals surface area contributed by atoms with E-state index in [0.29, 0.717) is 12.1 Å². The molecule has 1 N–H and O–H groups in total. The van der Waals surface area contributed by atoms with Crippen molar-refractivity contribution in [3.05, 3.63) is 24.2 Å². The quantitative estimate of drug-likeness (QED) is 0.888. The monoisotopic (exact) mass is 248 g/mol. The van der Waals surface area contributed by atoms with Crippen LogP contribution in [0.2, 0.25) is 0 Å². The van der Waals surface area contributed by atoms with Gasteiger partial charge in [0.15, 0.2) is 0 Å². The Morgan fingerprint density at radius 3 is 2.67 bits per heavy atom. The molecule has 18 heavy (non-hydrogen) atoms. The number of rotatable bonds is 4. The first-order chi connectivity index (χ1) is 8.78. The lowest BCUT2D eigenvalue weighted by Crippen LogP contribution is -2.47. The Hall–Kier alpha value is -0.800. The van der Waals surface area contributed by atoms with Gasteiger partial charge in [0.25, 0.3) is 0 Å². The van der Waals surface area contributed by atoms with Gasteiger partial charge in [-0.25, -0.2) is 0 Å². The highest BCUT2D eigenvalue weighted by atomic mass is 16.3. The van der Waals surface area contributed by atoms with Crippen LogP contribution in [0.25, 0.3) is 0 Å². The number of nitrogens with zero attached hydrogens (tertiary/aromatic N) is 1. The van der Waals surface area contributed by atoms with Gasteiger partial charge in [0.2, 0.25) is 0 Å². The molecule has 0 saturated carbocycles. The Labute approximate surface area is 110 Å². The van der Waals surface area contributed by atoms with Crippen molar-refractivity contribution in [3.8, 4) is 0 Å². The second-order valence-corrected chi connectivity index (χ2v) is 5.87. The maximum atomic E-state index is 5.61. The molecule has 1 aromatic rings. The first kappa shape index (κ1) is 12.2. The highest BCUT2D eigenvalue weighted by Gasteiger charge is 2.37. The van der Waals surface area contributed by atoms with Crippen molar-refractivity contribution in [2.45, 2.75) is 63.2 Å². The molecule has 2 fully saturated rings. The minimum Gasteiger partial charge on any atom is -0.468 e. The van der Waals surface area contributed by atoms with E-state index in [-0.39, 0.29) is 0 Å². The molecule has 0 spiro atoms. The zero-order valence-electron chi connectivity index (χ0n) is 11.4. The Balaban J connectivity index is 1.71. The molecule has 3 atom stereocenters. The highest BCUT2D eigenvalue weighted by Crippen LogP contribution is 2.34. The second-order valence-electron chi connectivity index (χ2n) is 5.87. The number of hydrogen-bond acceptors (Lipinski definition) is 3. The fourth-order valence-corrected chi connectivity index (χ4v) is 3.78. The van der Waals surface area contributed by atoms with Crippen LogP contribution < -0.4 is 5.32 Å². The maximum Gasteiger partial charge on any atom is 0.120 e. The van der Waals surface area contributed by atoms with E-state index in [4.69, 9.17) is 4.42 Å². The Morgan fingerprint density at radius 2 is 2.11 bits per heavy atom. The van der Waals surface area contributed by atoms with Crippen molar-refractivity contribution in [3.63, 3.8) is 0 Å². The third kappa shape index (κ3) is 2.21. The van der Waals surface area contributed by atoms with Gasteiger partial charge in [0.05, 0.1) is 12.3 Å². The van der Waals surface area contributed by atoms with Crippen molar-refractivity contribution in [1.29, 1.82) is 0 Å². The summed E-state index contributed by atoms with van der Waals surface area (Å²) in [5.41, 5.74) is 0. The lowest BCUT2D eigenvalue weighted by molar-refractivity contribution is 0.108. The normalized spacial score (nSPS) is 32.9. The molecule has 1 aromatic heterocycles. The summed E-state index contributed by atoms with van der Waals surface area (Å²) in [5, 5.41) is 3.72. The van der Waals surface area contributed by atoms with Gasteiger partial charge in [0.1, 0.15) is 5.76 Å². The Kier molecular flexibility index (Phi) is 3.44. The van der Waals surface area contributed by atoms with Gasteiger partial charge in [-0.05, 0) is 51.3 Å². The lowest BCUT2D eigenvalue weighted by Gasteiger charge is -2.39. The van der Waals surface area contributed by atoms with E-state index in [1.54, 1.807) is 6.26 Å². The molecule has 0 aliphatic carbocycles. The van der Waals surface area contributed by atoms with Gasteiger partial charge in [0, 0.05) is 18.1 Å². The third-order valence-corrected chi connectivity index (χ3v) is 4.77. The number of hydrogen-bond donors (Lipinski definition) is 1. The van der Waals surface area contributed by atoms with Gasteiger partial charge >= 0.3 is 0 Å². The van der Waals surface area contributed by atoms with Crippen molar-refractivity contribution < 1.29 is 4.42 Å². The van der Waals surface area contributed by atoms with Crippen LogP contribution in [0.4, 0.5) is 0 Å². The van der Waals surface area contributed by atoms with Crippen LogP contribution in [-0.2, 0) is 0 Å². The molecule has 3 rings (SSSR count). The first-order valence-electron chi connectivity index (χ1n) is 7.29. The van der Waals surface area contributed by atoms with Crippen LogP contribution in [0.5, 0.6) is 0 Å². The topological polar surface area (TPSA) is 28.4 Å². The average molecular weight is 248 g/mol. The first-order valence-corrected chi connectivity index (χ1v) is 7.29. The molecule has 0 radical (unpaired) electrons. The summed E-state index contributed by atoms with van der Waals surface area (Å²) in [5.74, 6) is 1.12. The zero-order valence-corrected chi connectivity index (χ0v) is 11.4. The van der Waals surface area contributed by atoms with Crippen LogP contribution in [0.15, 0.2) is 22.8 Å². The zero-order chi connectivity index (χ0) is 12.5. The van der Waals surface area contributed by atoms with Crippen LogP contribution in [0.3, 0.4) is 0 Å². The predicted molar refractivity (Wildman–Crippen MR) is 72.5 cm³/mol. The molecule has 100 valence electrons. The summed E-state index contributed by atoms with van der Waals surface area (Å²) >= 11 is 0. The Morgan fingerprint density at radius 1 is 1.39 bits per heavy atom. The summed E-state index contributed by atoms with van der Waals surface area (Å²) in [6, 6.07) is 6.76. The van der Waals surface area contributed by atoms with Crippen LogP contribution in [-0.4, -0.2) is 30.1 Å². The summed E-state index contributed by atoms with van der Waals surface area (Å²) in [6.45, 7) is 2.25. The fraction of sp³-hybridized carbons (Fsp3) is 0.733. The summed E-state index contributed by atoms with van der Waals surface area (Å²) < 4.78 is 5.61. The minimum atomic E-state index is 0.433. The van der Waals surface area contributed by atoms with Crippen molar-refractivity contribution in [1.82, 2.24) is 10.2 Å². The van der Waals surface area contributed by atoms with Crippen LogP contribution in [0, 0.1) is 0 Å². The Bertz CT molecular complexity index is 364. The van der Waals surface area contributed by atoms with E-state index in [0.717, 1.165) is 24.3 Å². The molecule has 3 unspecified atom stereocenters. The molecular weight excluding hydrogens is 224 g/mol. The molecule has 2 aliphatic rings. The molecule has 2 saturated heterocycles. The van der Waals surface area contributed by atoms with Crippen LogP contribution >= 0.6 is 0 Å². The van der Waals surface area contributed by atoms with Gasteiger partial charge in [-0.15, -0.1) is 0 Å². The van der Waals surface area contributed by atoms with Crippen molar-refractivity contribution in [2.24, 2.45) is 0 Å². The molecule has 2 aliphatic heterocycles. The summed E-state index contributed by atoms with van der Waals surface area (Å²) in [4.78, 5) is 2.55. The summed E-state index contributed by atoms with van der Waals surface area (Å²) in [7, 11) is 2.27. The van der Waals surface area contributed by atoms with Gasteiger partial charge in [-0.2, -0.15) is 0 Å². The summed E-state index contributed by atoms with van der Waals surface area (Å²) in [6.07, 6.45) is 8.23. The van der Waals surface area contributed by atoms with E-state index in [9.17, 15) is 0 Å². The van der Waals surface area contributed by atoms with Crippen LogP contribution in [0.1, 0.15) is 50.8 Å². The fourth-order valence-electron chi connectivity index (χ4n) is 3.78. The van der Waals surface area contributed by atoms with E-state index >= 15 is 0 Å². The maximum absolute atomic E-state index is 5.61. The average Bonchev–Trinajstić information content (AvgIpc) is 3.00. The molecule has 0 amide bonds. The van der Waals surface area contributed by atoms with Gasteiger partial charge in [-0.3, -0.25) is 4.90 Å². The minimum absolute atomic E-state index is 0.433. The van der Waals surface area contributed by atoms with E-state index in [2.05, 4.69) is 30.3 Å². The predicted octanol–water partition coefficient (Wildman–Crippen LogP) is 2.95. The second kappa shape index (κ2) is 5.06. The van der Waals surface area contributed by atoms with Crippen molar-refractivity contribution >= 4 is 0 Å². The highest BCUT2D eigenvalue weighted by molar-refractivity contribution is 5.06. The molecule has 0 aromatic carbocycles. The number of piperidine rings is 1. The van der Waals surface area contributed by atoms with E-state index < -0.39 is 0 Å². The van der Waals surface area contributed by atoms with E-state index in [1.165, 1.54) is 25.7 Å². The molecule has 3 heterocycles. The molecular formula is C15H24N2O. The number of nitrogens with one attached hydrogen (secondary N) is 1. The van der Waals surface area contributed by atoms with Gasteiger partial charge < -0.3 is 9.73 Å². The largest absolute Gasteiger partial charge is 0.468 e. The van der Waals surface area contributed by atoms with Crippen molar-refractivity contribution in [2.75, 3.05) is 7.05 Å². The van der Waals surface area contributed by atoms with E-state index in [1.807, 2.05) is 6.07 Å². The molecule has 3 heteroatoms. The van der Waals surface area contributed by atoms with Gasteiger partial charge in [-0.1, -0.05) is 6.92 Å². The molecule has 2 bridgehead atoms. The SMILES string of the molecule is CCC(c1ccco1)N(C)C1CC2CCC(C1)N2.